The third-order valence-electron chi connectivity index (χ3n) is 2.34. The average molecular weight is 255 g/mol. The van der Waals surface area contributed by atoms with E-state index in [4.69, 9.17) is 9.47 Å². The lowest BCUT2D eigenvalue weighted by Crippen LogP contribution is -2.14. The van der Waals surface area contributed by atoms with E-state index in [0.29, 0.717) is 17.9 Å². The van der Waals surface area contributed by atoms with Crippen molar-refractivity contribution in [1.29, 1.82) is 0 Å². The molecule has 0 fully saturated rings. The van der Waals surface area contributed by atoms with E-state index in [1.807, 2.05) is 13.8 Å². The molecule has 4 nitrogen and oxygen atoms in total. The van der Waals surface area contributed by atoms with Crippen LogP contribution in [0.2, 0.25) is 0 Å². The lowest BCUT2D eigenvalue weighted by molar-refractivity contribution is -0.116. The highest BCUT2D eigenvalue weighted by Crippen LogP contribution is 2.32. The topological polar surface area (TPSA) is 47.6 Å². The molecule has 0 radical (unpaired) electrons. The van der Waals surface area contributed by atoms with Crippen LogP contribution in [0.3, 0.4) is 0 Å². The molecule has 1 aromatic carbocycles. The smallest absolute Gasteiger partial charge is 0.224 e. The first-order valence-corrected chi connectivity index (χ1v) is 5.69. The standard InChI is InChI=1S/C13H18FNO3/c1-8(2)5-13(16)15-10-6-9(14)11(17-3)7-12(10)18-4/h6-8H,5H2,1-4H3,(H,15,16). The molecule has 0 saturated heterocycles. The van der Waals surface area contributed by atoms with Crippen LogP contribution >= 0.6 is 0 Å². The summed E-state index contributed by atoms with van der Waals surface area (Å²) in [6.45, 7) is 3.87. The summed E-state index contributed by atoms with van der Waals surface area (Å²) < 4.78 is 23.5. The molecular weight excluding hydrogens is 237 g/mol. The molecular formula is C13H18FNO3. The van der Waals surface area contributed by atoms with Crippen molar-refractivity contribution in [3.05, 3.63) is 17.9 Å². The number of halogens is 1. The maximum atomic E-state index is 13.5. The first-order valence-electron chi connectivity index (χ1n) is 5.69. The minimum absolute atomic E-state index is 0.0775. The zero-order valence-corrected chi connectivity index (χ0v) is 11.0. The fraction of sp³-hybridized carbons (Fsp3) is 0.462. The largest absolute Gasteiger partial charge is 0.494 e. The first-order chi connectivity index (χ1) is 8.47. The summed E-state index contributed by atoms with van der Waals surface area (Å²) >= 11 is 0. The molecule has 0 unspecified atom stereocenters. The van der Waals surface area contributed by atoms with Gasteiger partial charge in [0.25, 0.3) is 0 Å². The van der Waals surface area contributed by atoms with Gasteiger partial charge in [-0.25, -0.2) is 4.39 Å². The number of carbonyl (C=O) groups excluding carboxylic acids is 1. The Morgan fingerprint density at radius 1 is 1.28 bits per heavy atom. The molecule has 0 bridgehead atoms. The molecule has 0 heterocycles. The van der Waals surface area contributed by atoms with Crippen LogP contribution in [-0.2, 0) is 4.79 Å². The quantitative estimate of drug-likeness (QED) is 0.880. The second-order valence-electron chi connectivity index (χ2n) is 4.33. The van der Waals surface area contributed by atoms with Gasteiger partial charge in [0, 0.05) is 18.6 Å². The van der Waals surface area contributed by atoms with E-state index in [2.05, 4.69) is 5.32 Å². The Morgan fingerprint density at radius 2 is 1.89 bits per heavy atom. The Balaban J connectivity index is 2.94. The van der Waals surface area contributed by atoms with Crippen molar-refractivity contribution in [2.45, 2.75) is 20.3 Å². The number of methoxy groups -OCH3 is 2. The molecule has 18 heavy (non-hydrogen) atoms. The minimum atomic E-state index is -0.543. The molecule has 1 N–H and O–H groups in total. The van der Waals surface area contributed by atoms with Gasteiger partial charge >= 0.3 is 0 Å². The van der Waals surface area contributed by atoms with Crippen LogP contribution in [0.25, 0.3) is 0 Å². The highest BCUT2D eigenvalue weighted by Gasteiger charge is 2.13. The third kappa shape index (κ3) is 3.61. The van der Waals surface area contributed by atoms with Crippen molar-refractivity contribution in [2.75, 3.05) is 19.5 Å². The lowest BCUT2D eigenvalue weighted by Gasteiger charge is -2.13. The highest BCUT2D eigenvalue weighted by atomic mass is 19.1. The van der Waals surface area contributed by atoms with Gasteiger partial charge in [-0.3, -0.25) is 4.79 Å². The number of carbonyl (C=O) groups is 1. The van der Waals surface area contributed by atoms with Crippen LogP contribution in [0.1, 0.15) is 20.3 Å². The molecule has 1 rings (SSSR count). The van der Waals surface area contributed by atoms with E-state index < -0.39 is 5.82 Å². The number of hydrogen-bond acceptors (Lipinski definition) is 3. The van der Waals surface area contributed by atoms with E-state index in [9.17, 15) is 9.18 Å². The molecule has 0 aromatic heterocycles. The van der Waals surface area contributed by atoms with E-state index in [0.717, 1.165) is 0 Å². The fourth-order valence-corrected chi connectivity index (χ4v) is 1.53. The van der Waals surface area contributed by atoms with Crippen LogP contribution < -0.4 is 14.8 Å². The summed E-state index contributed by atoms with van der Waals surface area (Å²) in [5, 5.41) is 2.63. The SMILES string of the molecule is COc1cc(OC)c(NC(=O)CC(C)C)cc1F. The molecule has 0 spiro atoms. The summed E-state index contributed by atoms with van der Waals surface area (Å²) in [5.74, 6) is -0.0378. The van der Waals surface area contributed by atoms with Gasteiger partial charge in [-0.05, 0) is 5.92 Å². The van der Waals surface area contributed by atoms with E-state index in [1.165, 1.54) is 26.4 Å². The maximum absolute atomic E-state index is 13.5. The van der Waals surface area contributed by atoms with Gasteiger partial charge in [0.05, 0.1) is 19.9 Å². The Kier molecular flexibility index (Phi) is 4.95. The van der Waals surface area contributed by atoms with Crippen molar-refractivity contribution in [3.8, 4) is 11.5 Å². The Bertz CT molecular complexity index is 432. The predicted molar refractivity (Wildman–Crippen MR) is 67.6 cm³/mol. The van der Waals surface area contributed by atoms with Gasteiger partial charge in [0.2, 0.25) is 5.91 Å². The maximum Gasteiger partial charge on any atom is 0.224 e. The first kappa shape index (κ1) is 14.3. The van der Waals surface area contributed by atoms with Gasteiger partial charge in [0.15, 0.2) is 11.6 Å². The van der Waals surface area contributed by atoms with Crippen LogP contribution in [-0.4, -0.2) is 20.1 Å². The number of hydrogen-bond donors (Lipinski definition) is 1. The summed E-state index contributed by atoms with van der Waals surface area (Å²) in [4.78, 5) is 11.6. The monoisotopic (exact) mass is 255 g/mol. The van der Waals surface area contributed by atoms with Crippen molar-refractivity contribution in [2.24, 2.45) is 5.92 Å². The van der Waals surface area contributed by atoms with Crippen molar-refractivity contribution in [1.82, 2.24) is 0 Å². The second kappa shape index (κ2) is 6.23. The Hall–Kier alpha value is -1.78. The van der Waals surface area contributed by atoms with Crippen LogP contribution in [0.15, 0.2) is 12.1 Å². The molecule has 5 heteroatoms. The van der Waals surface area contributed by atoms with Crippen molar-refractivity contribution in [3.63, 3.8) is 0 Å². The van der Waals surface area contributed by atoms with Crippen molar-refractivity contribution < 1.29 is 18.7 Å². The number of anilines is 1. The van der Waals surface area contributed by atoms with E-state index >= 15 is 0 Å². The average Bonchev–Trinajstić information content (AvgIpc) is 2.28. The normalized spacial score (nSPS) is 10.3. The molecule has 1 aromatic rings. The van der Waals surface area contributed by atoms with Crippen LogP contribution in [0, 0.1) is 11.7 Å². The zero-order valence-electron chi connectivity index (χ0n) is 11.0. The molecule has 0 saturated carbocycles. The van der Waals surface area contributed by atoms with E-state index in [1.54, 1.807) is 0 Å². The number of amides is 1. The number of benzene rings is 1. The number of rotatable bonds is 5. The number of ether oxygens (including phenoxy) is 2. The summed E-state index contributed by atoms with van der Waals surface area (Å²) in [6.07, 6.45) is 0.372. The van der Waals surface area contributed by atoms with Gasteiger partial charge in [0.1, 0.15) is 5.75 Å². The third-order valence-corrected chi connectivity index (χ3v) is 2.34. The zero-order chi connectivity index (χ0) is 13.7. The van der Waals surface area contributed by atoms with Gasteiger partial charge in [-0.1, -0.05) is 13.8 Å². The Morgan fingerprint density at radius 3 is 2.39 bits per heavy atom. The van der Waals surface area contributed by atoms with Gasteiger partial charge < -0.3 is 14.8 Å². The summed E-state index contributed by atoms with van der Waals surface area (Å²) in [6, 6.07) is 2.59. The lowest BCUT2D eigenvalue weighted by atomic mass is 10.1. The van der Waals surface area contributed by atoms with E-state index in [-0.39, 0.29) is 17.6 Å². The van der Waals surface area contributed by atoms with Gasteiger partial charge in [-0.15, -0.1) is 0 Å². The predicted octanol–water partition coefficient (Wildman–Crippen LogP) is 2.83. The van der Waals surface area contributed by atoms with Gasteiger partial charge in [-0.2, -0.15) is 0 Å². The minimum Gasteiger partial charge on any atom is -0.494 e. The highest BCUT2D eigenvalue weighted by molar-refractivity contribution is 5.92. The van der Waals surface area contributed by atoms with Crippen LogP contribution in [0.4, 0.5) is 10.1 Å². The fourth-order valence-electron chi connectivity index (χ4n) is 1.53. The molecule has 0 aliphatic carbocycles. The summed E-state index contributed by atoms with van der Waals surface area (Å²) in [5.41, 5.74) is 0.307. The number of nitrogens with one attached hydrogen (secondary N) is 1. The van der Waals surface area contributed by atoms with Crippen molar-refractivity contribution >= 4 is 11.6 Å². The molecule has 100 valence electrons. The molecule has 1 amide bonds. The molecule has 0 atom stereocenters. The second-order valence-corrected chi connectivity index (χ2v) is 4.33. The molecule has 0 aliphatic heterocycles. The molecule has 0 aliphatic rings. The van der Waals surface area contributed by atoms with Crippen LogP contribution in [0.5, 0.6) is 11.5 Å². The summed E-state index contributed by atoms with van der Waals surface area (Å²) in [7, 11) is 2.82. The Labute approximate surface area is 106 Å².